The van der Waals surface area contributed by atoms with E-state index in [4.69, 9.17) is 0 Å². The van der Waals surface area contributed by atoms with Gasteiger partial charge in [-0.1, -0.05) is 22.0 Å². The zero-order valence-corrected chi connectivity index (χ0v) is 13.3. The van der Waals surface area contributed by atoms with Gasteiger partial charge in [0, 0.05) is 4.47 Å². The summed E-state index contributed by atoms with van der Waals surface area (Å²) in [6.45, 7) is 2.95. The zero-order chi connectivity index (χ0) is 14.9. The van der Waals surface area contributed by atoms with Crippen molar-refractivity contribution in [3.63, 3.8) is 0 Å². The Morgan fingerprint density at radius 3 is 2.75 bits per heavy atom. The molecule has 0 unspecified atom stereocenters. The Balaban J connectivity index is 2.46. The van der Waals surface area contributed by atoms with E-state index >= 15 is 0 Å². The normalized spacial score (nSPS) is 11.6. The molecule has 0 aliphatic carbocycles. The predicted molar refractivity (Wildman–Crippen MR) is 78.9 cm³/mol. The molecule has 0 spiro atoms. The number of rotatable bonds is 4. The van der Waals surface area contributed by atoms with Crippen LogP contribution in [0.4, 0.5) is 5.69 Å². The van der Waals surface area contributed by atoms with Gasteiger partial charge < -0.3 is 5.11 Å². The number of aromatic amines is 1. The summed E-state index contributed by atoms with van der Waals surface area (Å²) in [6.07, 6.45) is 0. The van der Waals surface area contributed by atoms with E-state index in [1.165, 1.54) is 0 Å². The van der Waals surface area contributed by atoms with E-state index < -0.39 is 16.6 Å². The van der Waals surface area contributed by atoms with Gasteiger partial charge in [-0.3, -0.25) is 9.82 Å². The highest BCUT2D eigenvalue weighted by atomic mass is 79.9. The van der Waals surface area contributed by atoms with Crippen LogP contribution >= 0.6 is 15.9 Å². The lowest BCUT2D eigenvalue weighted by Gasteiger charge is -2.11. The molecule has 0 saturated carbocycles. The SMILES string of the molecule is Cc1[nH]nc(CO)c1S(=O)(=O)Nc1cccc(Br)c1C. The highest BCUT2D eigenvalue weighted by molar-refractivity contribution is 9.10. The fourth-order valence-electron chi connectivity index (χ4n) is 1.85. The van der Waals surface area contributed by atoms with Gasteiger partial charge in [0.2, 0.25) is 0 Å². The second kappa shape index (κ2) is 5.55. The number of nitrogens with zero attached hydrogens (tertiary/aromatic N) is 1. The van der Waals surface area contributed by atoms with Gasteiger partial charge in [0.05, 0.1) is 18.0 Å². The smallest absolute Gasteiger partial charge is 0.265 e. The van der Waals surface area contributed by atoms with Crippen molar-refractivity contribution < 1.29 is 13.5 Å². The number of hydrogen-bond donors (Lipinski definition) is 3. The molecular weight excluding hydrogens is 346 g/mol. The van der Waals surface area contributed by atoms with Gasteiger partial charge in [-0.15, -0.1) is 0 Å². The number of hydrogen-bond acceptors (Lipinski definition) is 4. The first-order valence-corrected chi connectivity index (χ1v) is 8.07. The molecular formula is C12H14BrN3O3S. The van der Waals surface area contributed by atoms with Crippen LogP contribution in [0, 0.1) is 13.8 Å². The van der Waals surface area contributed by atoms with Crippen molar-refractivity contribution in [3.8, 4) is 0 Å². The van der Waals surface area contributed by atoms with Gasteiger partial charge in [0.1, 0.15) is 10.6 Å². The highest BCUT2D eigenvalue weighted by Gasteiger charge is 2.24. The molecule has 0 aliphatic heterocycles. The summed E-state index contributed by atoms with van der Waals surface area (Å²) in [5.74, 6) is 0. The monoisotopic (exact) mass is 359 g/mol. The fraction of sp³-hybridized carbons (Fsp3) is 0.250. The maximum Gasteiger partial charge on any atom is 0.265 e. The average Bonchev–Trinajstić information content (AvgIpc) is 2.77. The van der Waals surface area contributed by atoms with Crippen LogP contribution in [0.1, 0.15) is 17.0 Å². The summed E-state index contributed by atoms with van der Waals surface area (Å²) in [5, 5.41) is 15.5. The Hall–Kier alpha value is -1.38. The number of halogens is 1. The van der Waals surface area contributed by atoms with Gasteiger partial charge in [-0.25, -0.2) is 8.42 Å². The fourth-order valence-corrected chi connectivity index (χ4v) is 3.69. The standard InChI is InChI=1S/C12H14BrN3O3S/c1-7-9(13)4-3-5-10(7)16-20(18,19)12-8(2)14-15-11(12)6-17/h3-5,16-17H,6H2,1-2H3,(H,14,15). The van der Waals surface area contributed by atoms with Crippen molar-refractivity contribution in [1.82, 2.24) is 10.2 Å². The largest absolute Gasteiger partial charge is 0.390 e. The molecule has 8 heteroatoms. The summed E-state index contributed by atoms with van der Waals surface area (Å²) in [6, 6.07) is 5.24. The lowest BCUT2D eigenvalue weighted by atomic mass is 10.2. The van der Waals surface area contributed by atoms with Crippen LogP contribution in [0.3, 0.4) is 0 Å². The van der Waals surface area contributed by atoms with Gasteiger partial charge in [0.15, 0.2) is 0 Å². The Kier molecular flexibility index (Phi) is 4.17. The zero-order valence-electron chi connectivity index (χ0n) is 10.9. The Bertz CT molecular complexity index is 740. The van der Waals surface area contributed by atoms with Crippen LogP contribution in [0.15, 0.2) is 27.6 Å². The number of aliphatic hydroxyl groups excluding tert-OH is 1. The van der Waals surface area contributed by atoms with Crippen molar-refractivity contribution in [3.05, 3.63) is 39.6 Å². The van der Waals surface area contributed by atoms with E-state index in [1.54, 1.807) is 26.0 Å². The third-order valence-corrected chi connectivity index (χ3v) is 5.32. The molecule has 3 N–H and O–H groups in total. The number of aliphatic hydroxyl groups is 1. The summed E-state index contributed by atoms with van der Waals surface area (Å²) in [5.41, 5.74) is 1.74. The lowest BCUT2D eigenvalue weighted by Crippen LogP contribution is -2.16. The summed E-state index contributed by atoms with van der Waals surface area (Å²) in [4.78, 5) is -0.0145. The second-order valence-corrected chi connectivity index (χ2v) is 6.77. The van der Waals surface area contributed by atoms with Crippen LogP contribution in [-0.4, -0.2) is 23.7 Å². The third kappa shape index (κ3) is 2.72. The lowest BCUT2D eigenvalue weighted by molar-refractivity contribution is 0.273. The average molecular weight is 360 g/mol. The molecule has 0 radical (unpaired) electrons. The number of aromatic nitrogens is 2. The Morgan fingerprint density at radius 1 is 1.40 bits per heavy atom. The van der Waals surface area contributed by atoms with E-state index in [9.17, 15) is 13.5 Å². The van der Waals surface area contributed by atoms with E-state index in [-0.39, 0.29) is 10.6 Å². The van der Waals surface area contributed by atoms with E-state index in [2.05, 4.69) is 30.8 Å². The quantitative estimate of drug-likeness (QED) is 0.778. The van der Waals surface area contributed by atoms with Crippen LogP contribution in [-0.2, 0) is 16.6 Å². The maximum atomic E-state index is 12.4. The molecule has 0 saturated heterocycles. The minimum Gasteiger partial charge on any atom is -0.390 e. The van der Waals surface area contributed by atoms with Crippen molar-refractivity contribution >= 4 is 31.6 Å². The van der Waals surface area contributed by atoms with Crippen LogP contribution in [0.2, 0.25) is 0 Å². The minimum absolute atomic E-state index is 0.0145. The van der Waals surface area contributed by atoms with Gasteiger partial charge >= 0.3 is 0 Å². The maximum absolute atomic E-state index is 12.4. The van der Waals surface area contributed by atoms with E-state index in [0.29, 0.717) is 11.4 Å². The molecule has 1 aromatic carbocycles. The molecule has 0 amide bonds. The topological polar surface area (TPSA) is 95.1 Å². The van der Waals surface area contributed by atoms with Gasteiger partial charge in [0.25, 0.3) is 10.0 Å². The van der Waals surface area contributed by atoms with E-state index in [1.807, 2.05) is 6.07 Å². The van der Waals surface area contributed by atoms with Crippen molar-refractivity contribution in [1.29, 1.82) is 0 Å². The minimum atomic E-state index is -3.81. The number of aryl methyl sites for hydroxylation is 1. The number of anilines is 1. The molecule has 0 aliphatic rings. The van der Waals surface area contributed by atoms with Gasteiger partial charge in [-0.2, -0.15) is 5.10 Å². The molecule has 1 aromatic heterocycles. The summed E-state index contributed by atoms with van der Waals surface area (Å²) < 4.78 is 28.2. The predicted octanol–water partition coefficient (Wildman–Crippen LogP) is 2.08. The molecule has 0 bridgehead atoms. The van der Waals surface area contributed by atoms with Crippen molar-refractivity contribution in [2.75, 3.05) is 4.72 Å². The molecule has 0 fully saturated rings. The van der Waals surface area contributed by atoms with Crippen LogP contribution < -0.4 is 4.72 Å². The molecule has 0 atom stereocenters. The van der Waals surface area contributed by atoms with Crippen molar-refractivity contribution in [2.45, 2.75) is 25.3 Å². The van der Waals surface area contributed by atoms with Gasteiger partial charge in [-0.05, 0) is 31.5 Å². The first-order chi connectivity index (χ1) is 9.36. The molecule has 20 heavy (non-hydrogen) atoms. The molecule has 6 nitrogen and oxygen atoms in total. The van der Waals surface area contributed by atoms with Crippen LogP contribution in [0.25, 0.3) is 0 Å². The van der Waals surface area contributed by atoms with Crippen LogP contribution in [0.5, 0.6) is 0 Å². The number of nitrogens with one attached hydrogen (secondary N) is 2. The second-order valence-electron chi connectivity index (χ2n) is 4.30. The molecule has 108 valence electrons. The molecule has 2 aromatic rings. The van der Waals surface area contributed by atoms with Crippen molar-refractivity contribution in [2.24, 2.45) is 0 Å². The summed E-state index contributed by atoms with van der Waals surface area (Å²) >= 11 is 3.35. The van der Waals surface area contributed by atoms with E-state index in [0.717, 1.165) is 10.0 Å². The third-order valence-electron chi connectivity index (χ3n) is 2.89. The number of benzene rings is 1. The Labute approximate surface area is 125 Å². The molecule has 2 rings (SSSR count). The highest BCUT2D eigenvalue weighted by Crippen LogP contribution is 2.27. The number of sulfonamides is 1. The Morgan fingerprint density at radius 2 is 2.10 bits per heavy atom. The molecule has 1 heterocycles. The first kappa shape index (κ1) is 15.0. The number of H-pyrrole nitrogens is 1. The summed E-state index contributed by atoms with van der Waals surface area (Å²) in [7, 11) is -3.81. The first-order valence-electron chi connectivity index (χ1n) is 5.79.